The molecule has 1 saturated heterocycles. The second kappa shape index (κ2) is 7.27. The molecule has 2 unspecified atom stereocenters. The molecule has 0 aromatic heterocycles. The minimum absolute atomic E-state index is 0.0175. The van der Waals surface area contributed by atoms with Crippen LogP contribution < -0.4 is 4.74 Å². The number of rotatable bonds is 4. The second-order valence-corrected chi connectivity index (χ2v) is 5.29. The van der Waals surface area contributed by atoms with E-state index in [2.05, 4.69) is 0 Å². The smallest absolute Gasteiger partial charge is 0.246 e. The van der Waals surface area contributed by atoms with Crippen LogP contribution in [0.15, 0.2) is 30.3 Å². The Kier molecular flexibility index (Phi) is 5.39. The maximum atomic E-state index is 12.3. The van der Waals surface area contributed by atoms with Crippen LogP contribution in [0, 0.1) is 0 Å². The Morgan fingerprint density at radius 3 is 2.95 bits per heavy atom. The number of ether oxygens (including phenoxy) is 2. The summed E-state index contributed by atoms with van der Waals surface area (Å²) in [6, 6.07) is 7.83. The van der Waals surface area contributed by atoms with Crippen LogP contribution in [0.2, 0.25) is 0 Å². The highest BCUT2D eigenvalue weighted by Crippen LogP contribution is 2.20. The van der Waals surface area contributed by atoms with Crippen molar-refractivity contribution in [3.8, 4) is 5.75 Å². The maximum Gasteiger partial charge on any atom is 0.246 e. The van der Waals surface area contributed by atoms with Crippen LogP contribution in [0.3, 0.4) is 0 Å². The summed E-state index contributed by atoms with van der Waals surface area (Å²) in [5, 5.41) is 0. The van der Waals surface area contributed by atoms with Crippen molar-refractivity contribution in [1.29, 1.82) is 0 Å². The first-order valence-corrected chi connectivity index (χ1v) is 7.44. The molecule has 1 aliphatic heterocycles. The van der Waals surface area contributed by atoms with Crippen LogP contribution in [-0.4, -0.2) is 42.7 Å². The highest BCUT2D eigenvalue weighted by atomic mass is 16.5. The fraction of sp³-hybridized carbons (Fsp3) is 0.471. The van der Waals surface area contributed by atoms with Gasteiger partial charge in [0.05, 0.1) is 25.4 Å². The molecular formula is C17H23NO3. The van der Waals surface area contributed by atoms with Crippen LogP contribution in [0.5, 0.6) is 5.75 Å². The number of hydrogen-bond acceptors (Lipinski definition) is 3. The van der Waals surface area contributed by atoms with Crippen molar-refractivity contribution in [1.82, 2.24) is 4.90 Å². The summed E-state index contributed by atoms with van der Waals surface area (Å²) >= 11 is 0. The average molecular weight is 289 g/mol. The molecule has 0 bridgehead atoms. The molecule has 0 spiro atoms. The molecule has 1 amide bonds. The van der Waals surface area contributed by atoms with Crippen molar-refractivity contribution in [3.05, 3.63) is 35.9 Å². The van der Waals surface area contributed by atoms with Gasteiger partial charge >= 0.3 is 0 Å². The van der Waals surface area contributed by atoms with Crippen molar-refractivity contribution >= 4 is 12.0 Å². The molecule has 0 radical (unpaired) electrons. The van der Waals surface area contributed by atoms with Crippen molar-refractivity contribution in [3.63, 3.8) is 0 Å². The van der Waals surface area contributed by atoms with E-state index in [-0.39, 0.29) is 18.1 Å². The van der Waals surface area contributed by atoms with Crippen LogP contribution in [-0.2, 0) is 9.53 Å². The Morgan fingerprint density at radius 1 is 1.43 bits per heavy atom. The Hall–Kier alpha value is -1.81. The molecule has 1 fully saturated rings. The number of hydrogen-bond donors (Lipinski definition) is 0. The van der Waals surface area contributed by atoms with Gasteiger partial charge in [-0.25, -0.2) is 0 Å². The van der Waals surface area contributed by atoms with Gasteiger partial charge in [0, 0.05) is 18.2 Å². The lowest BCUT2D eigenvalue weighted by molar-refractivity contribution is -0.137. The van der Waals surface area contributed by atoms with Gasteiger partial charge in [-0.15, -0.1) is 0 Å². The monoisotopic (exact) mass is 289 g/mol. The number of carbonyl (C=O) groups is 1. The summed E-state index contributed by atoms with van der Waals surface area (Å²) in [6.07, 6.45) is 3.53. The number of benzene rings is 1. The lowest BCUT2D eigenvalue weighted by Gasteiger charge is -2.36. The van der Waals surface area contributed by atoms with E-state index in [4.69, 9.17) is 9.47 Å². The van der Waals surface area contributed by atoms with Crippen LogP contribution in [0.1, 0.15) is 26.3 Å². The van der Waals surface area contributed by atoms with E-state index in [9.17, 15) is 4.79 Å². The Bertz CT molecular complexity index is 513. The number of nitrogens with zero attached hydrogens (tertiary/aromatic N) is 1. The first kappa shape index (κ1) is 15.6. The summed E-state index contributed by atoms with van der Waals surface area (Å²) in [7, 11) is 0. The molecule has 114 valence electrons. The number of para-hydroxylation sites is 1. The van der Waals surface area contributed by atoms with E-state index >= 15 is 0 Å². The molecule has 4 heteroatoms. The van der Waals surface area contributed by atoms with Gasteiger partial charge < -0.3 is 14.4 Å². The molecule has 1 aromatic rings. The maximum absolute atomic E-state index is 12.3. The second-order valence-electron chi connectivity index (χ2n) is 5.29. The first-order chi connectivity index (χ1) is 10.1. The normalized spacial score (nSPS) is 22.5. The van der Waals surface area contributed by atoms with Crippen molar-refractivity contribution < 1.29 is 14.3 Å². The number of carbonyl (C=O) groups excluding carboxylic acids is 1. The molecule has 21 heavy (non-hydrogen) atoms. The summed E-state index contributed by atoms with van der Waals surface area (Å²) in [6.45, 7) is 7.78. The number of amides is 1. The zero-order chi connectivity index (χ0) is 15.2. The molecule has 2 atom stereocenters. The van der Waals surface area contributed by atoms with Crippen LogP contribution >= 0.6 is 0 Å². The van der Waals surface area contributed by atoms with E-state index in [1.807, 2.05) is 56.0 Å². The quantitative estimate of drug-likeness (QED) is 0.800. The third kappa shape index (κ3) is 4.08. The average Bonchev–Trinajstić information content (AvgIpc) is 2.49. The largest absolute Gasteiger partial charge is 0.493 e. The third-order valence-corrected chi connectivity index (χ3v) is 3.52. The molecular weight excluding hydrogens is 266 g/mol. The van der Waals surface area contributed by atoms with E-state index in [1.165, 1.54) is 0 Å². The van der Waals surface area contributed by atoms with Gasteiger partial charge in [-0.2, -0.15) is 0 Å². The van der Waals surface area contributed by atoms with Crippen molar-refractivity contribution in [2.24, 2.45) is 0 Å². The Balaban J connectivity index is 2.08. The predicted molar refractivity (Wildman–Crippen MR) is 83.2 cm³/mol. The third-order valence-electron chi connectivity index (χ3n) is 3.52. The van der Waals surface area contributed by atoms with Gasteiger partial charge in [-0.1, -0.05) is 18.2 Å². The van der Waals surface area contributed by atoms with Gasteiger partial charge in [-0.05, 0) is 32.9 Å². The predicted octanol–water partition coefficient (Wildman–Crippen LogP) is 2.73. The lowest BCUT2D eigenvalue weighted by Crippen LogP contribution is -2.49. The van der Waals surface area contributed by atoms with E-state index < -0.39 is 0 Å². The molecule has 1 aliphatic rings. The van der Waals surface area contributed by atoms with Gasteiger partial charge in [0.25, 0.3) is 0 Å². The number of morpholine rings is 1. The van der Waals surface area contributed by atoms with Crippen molar-refractivity contribution in [2.75, 3.05) is 19.8 Å². The lowest BCUT2D eigenvalue weighted by atomic mass is 10.1. The highest BCUT2D eigenvalue weighted by molar-refractivity contribution is 5.92. The molecule has 0 N–H and O–H groups in total. The summed E-state index contributed by atoms with van der Waals surface area (Å²) in [4.78, 5) is 14.2. The molecule has 0 saturated carbocycles. The van der Waals surface area contributed by atoms with Crippen LogP contribution in [0.25, 0.3) is 6.08 Å². The van der Waals surface area contributed by atoms with Crippen molar-refractivity contribution in [2.45, 2.75) is 32.9 Å². The standard InChI is InChI=1S/C17H23NO3/c1-4-20-16-8-6-5-7-15(16)9-10-17(19)18-11-14(3)21-12-13(18)2/h5-10,13-14H,4,11-12H2,1-3H3/b10-9+. The zero-order valence-corrected chi connectivity index (χ0v) is 12.9. The molecule has 4 nitrogen and oxygen atoms in total. The van der Waals surface area contributed by atoms with Gasteiger partial charge in [-0.3, -0.25) is 4.79 Å². The summed E-state index contributed by atoms with van der Waals surface area (Å²) < 4.78 is 11.1. The Labute approximate surface area is 126 Å². The SMILES string of the molecule is CCOc1ccccc1/C=C/C(=O)N1CC(C)OCC1C. The van der Waals surface area contributed by atoms with E-state index in [1.54, 1.807) is 6.08 Å². The minimum Gasteiger partial charge on any atom is -0.493 e. The van der Waals surface area contributed by atoms with Gasteiger partial charge in [0.2, 0.25) is 5.91 Å². The minimum atomic E-state index is 0.0175. The Morgan fingerprint density at radius 2 is 2.19 bits per heavy atom. The van der Waals surface area contributed by atoms with Crippen LogP contribution in [0.4, 0.5) is 0 Å². The zero-order valence-electron chi connectivity index (χ0n) is 12.9. The molecule has 1 aromatic carbocycles. The molecule has 1 heterocycles. The molecule has 2 rings (SSSR count). The van der Waals surface area contributed by atoms with Gasteiger partial charge in [0.15, 0.2) is 0 Å². The first-order valence-electron chi connectivity index (χ1n) is 7.44. The summed E-state index contributed by atoms with van der Waals surface area (Å²) in [5.74, 6) is 0.816. The highest BCUT2D eigenvalue weighted by Gasteiger charge is 2.25. The fourth-order valence-electron chi connectivity index (χ4n) is 2.37. The molecule has 0 aliphatic carbocycles. The van der Waals surface area contributed by atoms with E-state index in [0.29, 0.717) is 19.8 Å². The van der Waals surface area contributed by atoms with Gasteiger partial charge in [0.1, 0.15) is 5.75 Å². The van der Waals surface area contributed by atoms with E-state index in [0.717, 1.165) is 11.3 Å². The topological polar surface area (TPSA) is 38.8 Å². The fourth-order valence-corrected chi connectivity index (χ4v) is 2.37. The summed E-state index contributed by atoms with van der Waals surface area (Å²) in [5.41, 5.74) is 0.918.